The predicted molar refractivity (Wildman–Crippen MR) is 64.3 cm³/mol. The molecule has 1 aliphatic heterocycles. The summed E-state index contributed by atoms with van der Waals surface area (Å²) in [6.45, 7) is 0.788. The molecule has 0 aliphatic carbocycles. The number of aryl methyl sites for hydroxylation is 1. The van der Waals surface area contributed by atoms with Crippen molar-refractivity contribution in [3.63, 3.8) is 0 Å². The van der Waals surface area contributed by atoms with Crippen molar-refractivity contribution in [3.8, 4) is 5.88 Å². The van der Waals surface area contributed by atoms with E-state index in [9.17, 15) is 0 Å². The van der Waals surface area contributed by atoms with Crippen molar-refractivity contribution in [1.29, 1.82) is 0 Å². The highest BCUT2D eigenvalue weighted by atomic mass is 16.5. The van der Waals surface area contributed by atoms with Gasteiger partial charge in [-0.15, -0.1) is 0 Å². The van der Waals surface area contributed by atoms with E-state index in [0.29, 0.717) is 11.8 Å². The Kier molecular flexibility index (Phi) is 2.79. The SMILES string of the molecule is COc1ccnc(NC2CCc3ncnn3C2)n1. The molecule has 2 aromatic heterocycles. The van der Waals surface area contributed by atoms with Gasteiger partial charge in [-0.3, -0.25) is 0 Å². The number of methoxy groups -OCH3 is 1. The molecule has 1 atom stereocenters. The first-order valence-electron chi connectivity index (χ1n) is 5.85. The van der Waals surface area contributed by atoms with Crippen LogP contribution >= 0.6 is 0 Å². The molecule has 0 bridgehead atoms. The summed E-state index contributed by atoms with van der Waals surface area (Å²) in [7, 11) is 1.59. The van der Waals surface area contributed by atoms with E-state index in [2.05, 4.69) is 25.4 Å². The van der Waals surface area contributed by atoms with Crippen LogP contribution in [0, 0.1) is 0 Å². The molecular formula is C11H14N6O. The van der Waals surface area contributed by atoms with Crippen molar-refractivity contribution in [3.05, 3.63) is 24.4 Å². The molecule has 0 saturated heterocycles. The van der Waals surface area contributed by atoms with Gasteiger partial charge in [-0.05, 0) is 6.42 Å². The minimum absolute atomic E-state index is 0.270. The Bertz CT molecular complexity index is 540. The Hall–Kier alpha value is -2.18. The van der Waals surface area contributed by atoms with E-state index in [1.165, 1.54) is 0 Å². The zero-order valence-electron chi connectivity index (χ0n) is 10.1. The van der Waals surface area contributed by atoms with E-state index in [-0.39, 0.29) is 6.04 Å². The molecule has 0 saturated carbocycles. The van der Waals surface area contributed by atoms with Crippen LogP contribution in [0.25, 0.3) is 0 Å². The highest BCUT2D eigenvalue weighted by Gasteiger charge is 2.20. The van der Waals surface area contributed by atoms with E-state index >= 15 is 0 Å². The number of hydrogen-bond donors (Lipinski definition) is 1. The smallest absolute Gasteiger partial charge is 0.226 e. The fraction of sp³-hybridized carbons (Fsp3) is 0.455. The zero-order chi connectivity index (χ0) is 12.4. The number of fused-ring (bicyclic) bond motifs is 1. The normalized spacial score (nSPS) is 18.2. The van der Waals surface area contributed by atoms with Crippen molar-refractivity contribution >= 4 is 5.95 Å². The molecule has 0 fully saturated rings. The summed E-state index contributed by atoms with van der Waals surface area (Å²) >= 11 is 0. The van der Waals surface area contributed by atoms with Crippen LogP contribution in [0.4, 0.5) is 5.95 Å². The number of nitrogens with zero attached hydrogens (tertiary/aromatic N) is 5. The Labute approximate surface area is 104 Å². The molecule has 3 rings (SSSR count). The van der Waals surface area contributed by atoms with Gasteiger partial charge in [0.05, 0.1) is 13.7 Å². The van der Waals surface area contributed by atoms with Gasteiger partial charge in [-0.1, -0.05) is 0 Å². The van der Waals surface area contributed by atoms with Crippen LogP contribution in [0.5, 0.6) is 5.88 Å². The summed E-state index contributed by atoms with van der Waals surface area (Å²) < 4.78 is 6.99. The third-order valence-corrected chi connectivity index (χ3v) is 2.98. The lowest BCUT2D eigenvalue weighted by Gasteiger charge is -2.23. The maximum absolute atomic E-state index is 5.07. The quantitative estimate of drug-likeness (QED) is 0.850. The Morgan fingerprint density at radius 3 is 3.28 bits per heavy atom. The van der Waals surface area contributed by atoms with Crippen LogP contribution in [0.3, 0.4) is 0 Å². The number of anilines is 1. The average molecular weight is 246 g/mol. The number of ether oxygens (including phenoxy) is 1. The summed E-state index contributed by atoms with van der Waals surface area (Å²) in [4.78, 5) is 12.6. The largest absolute Gasteiger partial charge is 0.481 e. The molecule has 2 aromatic rings. The van der Waals surface area contributed by atoms with Crippen molar-refractivity contribution in [1.82, 2.24) is 24.7 Å². The minimum Gasteiger partial charge on any atom is -0.481 e. The van der Waals surface area contributed by atoms with E-state index in [0.717, 1.165) is 25.2 Å². The van der Waals surface area contributed by atoms with Crippen LogP contribution in [-0.2, 0) is 13.0 Å². The fourth-order valence-corrected chi connectivity index (χ4v) is 2.06. The molecular weight excluding hydrogens is 232 g/mol. The van der Waals surface area contributed by atoms with Crippen molar-refractivity contribution in [2.75, 3.05) is 12.4 Å². The monoisotopic (exact) mass is 246 g/mol. The first-order valence-corrected chi connectivity index (χ1v) is 5.85. The molecule has 1 aliphatic rings. The summed E-state index contributed by atoms with van der Waals surface area (Å²) in [5, 5.41) is 7.48. The van der Waals surface area contributed by atoms with Crippen molar-refractivity contribution < 1.29 is 4.74 Å². The maximum Gasteiger partial charge on any atom is 0.226 e. The van der Waals surface area contributed by atoms with E-state index < -0.39 is 0 Å². The zero-order valence-corrected chi connectivity index (χ0v) is 10.1. The van der Waals surface area contributed by atoms with Gasteiger partial charge in [0.1, 0.15) is 12.2 Å². The minimum atomic E-state index is 0.270. The second-order valence-electron chi connectivity index (χ2n) is 4.16. The highest BCUT2D eigenvalue weighted by molar-refractivity contribution is 5.29. The Morgan fingerprint density at radius 1 is 1.44 bits per heavy atom. The number of aromatic nitrogens is 5. The standard InChI is InChI=1S/C11H14N6O/c1-18-10-4-5-12-11(16-10)15-8-2-3-9-13-7-14-17(9)6-8/h4-5,7-8H,2-3,6H2,1H3,(H,12,15,16). The van der Waals surface area contributed by atoms with Crippen LogP contribution in [0.15, 0.2) is 18.6 Å². The predicted octanol–water partition coefficient (Wildman–Crippen LogP) is 0.504. The second-order valence-corrected chi connectivity index (χ2v) is 4.16. The summed E-state index contributed by atoms with van der Waals surface area (Å²) in [5.74, 6) is 2.19. The van der Waals surface area contributed by atoms with Gasteiger partial charge >= 0.3 is 0 Å². The summed E-state index contributed by atoms with van der Waals surface area (Å²) in [6, 6.07) is 1.99. The van der Waals surface area contributed by atoms with Gasteiger partial charge in [-0.2, -0.15) is 10.1 Å². The molecule has 0 spiro atoms. The van der Waals surface area contributed by atoms with Crippen LogP contribution < -0.4 is 10.1 Å². The summed E-state index contributed by atoms with van der Waals surface area (Å²) in [6.07, 6.45) is 5.19. The number of hydrogen-bond acceptors (Lipinski definition) is 6. The highest BCUT2D eigenvalue weighted by Crippen LogP contribution is 2.15. The third kappa shape index (κ3) is 2.11. The molecule has 94 valence electrons. The summed E-state index contributed by atoms with van der Waals surface area (Å²) in [5.41, 5.74) is 0. The van der Waals surface area contributed by atoms with Crippen molar-refractivity contribution in [2.24, 2.45) is 0 Å². The van der Waals surface area contributed by atoms with Crippen molar-refractivity contribution in [2.45, 2.75) is 25.4 Å². The molecule has 7 heteroatoms. The topological polar surface area (TPSA) is 77.8 Å². The molecule has 7 nitrogen and oxygen atoms in total. The van der Waals surface area contributed by atoms with Gasteiger partial charge in [0.15, 0.2) is 0 Å². The van der Waals surface area contributed by atoms with E-state index in [1.807, 2.05) is 4.68 Å². The van der Waals surface area contributed by atoms with Gasteiger partial charge in [-0.25, -0.2) is 14.6 Å². The molecule has 1 N–H and O–H groups in total. The second kappa shape index (κ2) is 4.59. The van der Waals surface area contributed by atoms with Gasteiger partial charge < -0.3 is 10.1 Å². The molecule has 18 heavy (non-hydrogen) atoms. The van der Waals surface area contributed by atoms with Crippen LogP contribution in [-0.4, -0.2) is 37.9 Å². The lowest BCUT2D eigenvalue weighted by molar-refractivity contribution is 0.396. The molecule has 0 amide bonds. The van der Waals surface area contributed by atoms with Crippen LogP contribution in [0.2, 0.25) is 0 Å². The van der Waals surface area contributed by atoms with E-state index in [1.54, 1.807) is 25.7 Å². The first kappa shape index (κ1) is 10.9. The Morgan fingerprint density at radius 2 is 2.39 bits per heavy atom. The maximum atomic E-state index is 5.07. The van der Waals surface area contributed by atoms with Crippen LogP contribution in [0.1, 0.15) is 12.2 Å². The van der Waals surface area contributed by atoms with Gasteiger partial charge in [0.25, 0.3) is 0 Å². The molecule has 0 radical (unpaired) electrons. The number of rotatable bonds is 3. The Balaban J connectivity index is 1.70. The van der Waals surface area contributed by atoms with Gasteiger partial charge in [0, 0.05) is 24.7 Å². The van der Waals surface area contributed by atoms with E-state index in [4.69, 9.17) is 4.74 Å². The number of nitrogens with one attached hydrogen (secondary N) is 1. The molecule has 1 unspecified atom stereocenters. The molecule has 3 heterocycles. The molecule has 0 aromatic carbocycles. The fourth-order valence-electron chi connectivity index (χ4n) is 2.06. The third-order valence-electron chi connectivity index (χ3n) is 2.98. The lowest BCUT2D eigenvalue weighted by Crippen LogP contribution is -2.32. The van der Waals surface area contributed by atoms with Gasteiger partial charge in [0.2, 0.25) is 11.8 Å². The first-order chi connectivity index (χ1) is 8.85. The average Bonchev–Trinajstić information content (AvgIpc) is 2.86. The lowest BCUT2D eigenvalue weighted by atomic mass is 10.1.